The highest BCUT2D eigenvalue weighted by Crippen LogP contribution is 2.22. The van der Waals surface area contributed by atoms with Gasteiger partial charge in [-0.25, -0.2) is 0 Å². The van der Waals surface area contributed by atoms with Gasteiger partial charge in [0.2, 0.25) is 0 Å². The number of aliphatic hydroxyl groups is 1. The fourth-order valence-electron chi connectivity index (χ4n) is 0.854. The topological polar surface area (TPSA) is 20.2 Å². The van der Waals surface area contributed by atoms with E-state index in [-0.39, 0.29) is 11.5 Å². The molecule has 68 valence electrons. The maximum absolute atomic E-state index is 9.60. The minimum Gasteiger partial charge on any atom is -0.393 e. The lowest BCUT2D eigenvalue weighted by atomic mass is 9.87. The second-order valence-electron chi connectivity index (χ2n) is 4.02. The Kier molecular flexibility index (Phi) is 5.19. The number of hydrogen-bond acceptors (Lipinski definition) is 2. The molecule has 0 aromatic heterocycles. The van der Waals surface area contributed by atoms with Gasteiger partial charge in [-0.15, -0.1) is 0 Å². The largest absolute Gasteiger partial charge is 0.393 e. The number of aliphatic hydroxyl groups excluding tert-OH is 1. The first-order valence-electron chi connectivity index (χ1n) is 4.15. The molecule has 1 nitrogen and oxygen atoms in total. The summed E-state index contributed by atoms with van der Waals surface area (Å²) in [5, 5.41) is 9.60. The molecule has 0 amide bonds. The normalized spacial score (nSPS) is 15.0. The fourth-order valence-corrected chi connectivity index (χ4v) is 1.31. The van der Waals surface area contributed by atoms with Crippen LogP contribution in [-0.4, -0.2) is 23.2 Å². The molecule has 11 heavy (non-hydrogen) atoms. The molecular formula is C9H20OS. The second-order valence-corrected chi connectivity index (χ2v) is 5.00. The number of thioether (sulfide) groups is 1. The van der Waals surface area contributed by atoms with Gasteiger partial charge in [-0.3, -0.25) is 0 Å². The summed E-state index contributed by atoms with van der Waals surface area (Å²) in [6.07, 6.45) is 4.02. The summed E-state index contributed by atoms with van der Waals surface area (Å²) >= 11 is 1.84. The lowest BCUT2D eigenvalue weighted by molar-refractivity contribution is 0.0553. The van der Waals surface area contributed by atoms with Gasteiger partial charge in [0, 0.05) is 0 Å². The average Bonchev–Trinajstić information content (AvgIpc) is 1.86. The monoisotopic (exact) mass is 176 g/mol. The third-order valence-electron chi connectivity index (χ3n) is 1.83. The molecule has 1 atom stereocenters. The maximum Gasteiger partial charge on any atom is 0.0588 e. The van der Waals surface area contributed by atoms with Crippen LogP contribution in [0.3, 0.4) is 0 Å². The van der Waals surface area contributed by atoms with Gasteiger partial charge in [0.05, 0.1) is 6.10 Å². The predicted molar refractivity (Wildman–Crippen MR) is 53.1 cm³/mol. The van der Waals surface area contributed by atoms with E-state index in [1.165, 1.54) is 0 Å². The highest BCUT2D eigenvalue weighted by molar-refractivity contribution is 7.98. The Hall–Kier alpha value is 0.310. The van der Waals surface area contributed by atoms with Crippen LogP contribution < -0.4 is 0 Å². The highest BCUT2D eigenvalue weighted by atomic mass is 32.2. The Bertz CT molecular complexity index is 96.2. The summed E-state index contributed by atoms with van der Waals surface area (Å²) in [5.41, 5.74) is 0.0540. The zero-order chi connectivity index (χ0) is 8.91. The molecule has 0 bridgehead atoms. The van der Waals surface area contributed by atoms with Gasteiger partial charge in [-0.1, -0.05) is 20.8 Å². The van der Waals surface area contributed by atoms with Crippen LogP contribution in [0.4, 0.5) is 0 Å². The van der Waals surface area contributed by atoms with E-state index in [2.05, 4.69) is 27.0 Å². The van der Waals surface area contributed by atoms with E-state index >= 15 is 0 Å². The zero-order valence-electron chi connectivity index (χ0n) is 8.05. The molecule has 1 unspecified atom stereocenters. The lowest BCUT2D eigenvalue weighted by Gasteiger charge is -2.25. The molecule has 0 saturated heterocycles. The van der Waals surface area contributed by atoms with Gasteiger partial charge >= 0.3 is 0 Å². The molecule has 1 N–H and O–H groups in total. The minimum absolute atomic E-state index is 0.0540. The molecular weight excluding hydrogens is 156 g/mol. The third-order valence-corrected chi connectivity index (χ3v) is 2.52. The first-order valence-corrected chi connectivity index (χ1v) is 5.55. The van der Waals surface area contributed by atoms with Crippen LogP contribution in [0.2, 0.25) is 0 Å². The molecule has 0 heterocycles. The van der Waals surface area contributed by atoms with E-state index in [0.29, 0.717) is 0 Å². The van der Waals surface area contributed by atoms with E-state index in [9.17, 15) is 5.11 Å². The average molecular weight is 176 g/mol. The SMILES string of the molecule is CSCCCC(O)C(C)(C)C. The van der Waals surface area contributed by atoms with E-state index in [1.807, 2.05) is 11.8 Å². The Morgan fingerprint density at radius 2 is 1.91 bits per heavy atom. The molecule has 2 heteroatoms. The van der Waals surface area contributed by atoms with E-state index in [1.54, 1.807) is 0 Å². The van der Waals surface area contributed by atoms with Gasteiger partial charge in [0.25, 0.3) is 0 Å². The molecule has 0 rings (SSSR count). The van der Waals surface area contributed by atoms with Crippen molar-refractivity contribution >= 4 is 11.8 Å². The van der Waals surface area contributed by atoms with Crippen molar-refractivity contribution in [2.45, 2.75) is 39.7 Å². The van der Waals surface area contributed by atoms with Gasteiger partial charge in [0.15, 0.2) is 0 Å². The van der Waals surface area contributed by atoms with E-state index in [4.69, 9.17) is 0 Å². The molecule has 0 aromatic rings. The predicted octanol–water partition coefficient (Wildman–Crippen LogP) is 2.54. The zero-order valence-corrected chi connectivity index (χ0v) is 8.87. The smallest absolute Gasteiger partial charge is 0.0588 e. The standard InChI is InChI=1S/C9H20OS/c1-9(2,3)8(10)6-5-7-11-4/h8,10H,5-7H2,1-4H3. The Labute approximate surface area is 74.6 Å². The minimum atomic E-state index is -0.144. The van der Waals surface area contributed by atoms with Crippen LogP contribution in [0.5, 0.6) is 0 Å². The van der Waals surface area contributed by atoms with Crippen molar-refractivity contribution in [1.82, 2.24) is 0 Å². The van der Waals surface area contributed by atoms with Crippen LogP contribution in [0, 0.1) is 5.41 Å². The third kappa shape index (κ3) is 5.57. The van der Waals surface area contributed by atoms with Crippen molar-refractivity contribution in [3.63, 3.8) is 0 Å². The Morgan fingerprint density at radius 1 is 1.36 bits per heavy atom. The molecule has 0 fully saturated rings. The molecule has 0 aliphatic carbocycles. The van der Waals surface area contributed by atoms with Crippen LogP contribution in [0.15, 0.2) is 0 Å². The van der Waals surface area contributed by atoms with Crippen molar-refractivity contribution in [3.05, 3.63) is 0 Å². The van der Waals surface area contributed by atoms with Gasteiger partial charge in [0.1, 0.15) is 0 Å². The summed E-state index contributed by atoms with van der Waals surface area (Å²) in [6.45, 7) is 6.24. The maximum atomic E-state index is 9.60. The van der Waals surface area contributed by atoms with Crippen molar-refractivity contribution in [1.29, 1.82) is 0 Å². The van der Waals surface area contributed by atoms with Crippen molar-refractivity contribution in [3.8, 4) is 0 Å². The Morgan fingerprint density at radius 3 is 2.27 bits per heavy atom. The van der Waals surface area contributed by atoms with Crippen LogP contribution in [0.25, 0.3) is 0 Å². The first-order chi connectivity index (χ1) is 4.98. The highest BCUT2D eigenvalue weighted by Gasteiger charge is 2.20. The molecule has 0 aromatic carbocycles. The summed E-state index contributed by atoms with van der Waals surface area (Å²) < 4.78 is 0. The van der Waals surface area contributed by atoms with Crippen LogP contribution >= 0.6 is 11.8 Å². The van der Waals surface area contributed by atoms with Crippen molar-refractivity contribution < 1.29 is 5.11 Å². The van der Waals surface area contributed by atoms with Gasteiger partial charge in [-0.05, 0) is 30.3 Å². The first kappa shape index (κ1) is 11.3. The fraction of sp³-hybridized carbons (Fsp3) is 1.00. The molecule has 0 saturated carbocycles. The van der Waals surface area contributed by atoms with Crippen molar-refractivity contribution in [2.24, 2.45) is 5.41 Å². The van der Waals surface area contributed by atoms with E-state index in [0.717, 1.165) is 18.6 Å². The van der Waals surface area contributed by atoms with E-state index < -0.39 is 0 Å². The quantitative estimate of drug-likeness (QED) is 0.664. The van der Waals surface area contributed by atoms with Crippen LogP contribution in [-0.2, 0) is 0 Å². The summed E-state index contributed by atoms with van der Waals surface area (Å²) in [7, 11) is 0. The second kappa shape index (κ2) is 5.04. The summed E-state index contributed by atoms with van der Waals surface area (Å²) in [6, 6.07) is 0. The van der Waals surface area contributed by atoms with Crippen molar-refractivity contribution in [2.75, 3.05) is 12.0 Å². The molecule has 0 aliphatic heterocycles. The van der Waals surface area contributed by atoms with Gasteiger partial charge < -0.3 is 5.11 Å². The lowest BCUT2D eigenvalue weighted by Crippen LogP contribution is -2.25. The molecule has 0 radical (unpaired) electrons. The molecule has 0 aliphatic rings. The molecule has 0 spiro atoms. The number of hydrogen-bond donors (Lipinski definition) is 1. The summed E-state index contributed by atoms with van der Waals surface area (Å²) in [5.74, 6) is 1.16. The van der Waals surface area contributed by atoms with Crippen LogP contribution in [0.1, 0.15) is 33.6 Å². The Balaban J connectivity index is 3.44. The number of rotatable bonds is 4. The van der Waals surface area contributed by atoms with Gasteiger partial charge in [-0.2, -0.15) is 11.8 Å². The summed E-state index contributed by atoms with van der Waals surface area (Å²) in [4.78, 5) is 0.